The summed E-state index contributed by atoms with van der Waals surface area (Å²) in [6.45, 7) is -0.736. The molecule has 2 nitrogen and oxygen atoms in total. The van der Waals surface area contributed by atoms with Crippen LogP contribution in [0.3, 0.4) is 0 Å². The summed E-state index contributed by atoms with van der Waals surface area (Å²) in [5, 5.41) is 3.19. The maximum Gasteiger partial charge on any atom is 0.401 e. The first-order chi connectivity index (χ1) is 8.01. The minimum Gasteiger partial charge on any atom is -0.315 e. The Hall–Kier alpha value is -0.290. The highest BCUT2D eigenvalue weighted by molar-refractivity contribution is 4.95. The Morgan fingerprint density at radius 2 is 1.76 bits per heavy atom. The van der Waals surface area contributed by atoms with Crippen molar-refractivity contribution in [3.8, 4) is 0 Å². The van der Waals surface area contributed by atoms with E-state index in [-0.39, 0.29) is 18.1 Å². The lowest BCUT2D eigenvalue weighted by atomic mass is 9.89. The summed E-state index contributed by atoms with van der Waals surface area (Å²) in [5.41, 5.74) is 0. The smallest absolute Gasteiger partial charge is 0.315 e. The molecular formula is C12H21F3N2. The number of nitrogens with zero attached hydrogens (tertiary/aromatic N) is 1. The third kappa shape index (κ3) is 3.58. The van der Waals surface area contributed by atoms with Crippen LogP contribution in [0.15, 0.2) is 0 Å². The van der Waals surface area contributed by atoms with Crippen LogP contribution in [0.25, 0.3) is 0 Å². The van der Waals surface area contributed by atoms with Crippen molar-refractivity contribution < 1.29 is 13.2 Å². The molecule has 2 rings (SSSR count). The Bertz CT molecular complexity index is 251. The fourth-order valence-corrected chi connectivity index (χ4v) is 2.98. The summed E-state index contributed by atoms with van der Waals surface area (Å²) in [7, 11) is 1.86. The van der Waals surface area contributed by atoms with Gasteiger partial charge in [-0.2, -0.15) is 13.2 Å². The van der Waals surface area contributed by atoms with Gasteiger partial charge in [-0.3, -0.25) is 4.90 Å². The predicted octanol–water partition coefficient (Wildman–Crippen LogP) is 2.54. The molecule has 0 spiro atoms. The van der Waals surface area contributed by atoms with Gasteiger partial charge in [-0.1, -0.05) is 12.8 Å². The van der Waals surface area contributed by atoms with Gasteiger partial charge in [0.2, 0.25) is 0 Å². The van der Waals surface area contributed by atoms with Crippen molar-refractivity contribution in [1.82, 2.24) is 10.2 Å². The predicted molar refractivity (Wildman–Crippen MR) is 60.9 cm³/mol. The Morgan fingerprint density at radius 3 is 2.29 bits per heavy atom. The number of nitrogens with one attached hydrogen (secondary N) is 1. The molecule has 0 heterocycles. The monoisotopic (exact) mass is 250 g/mol. The second kappa shape index (κ2) is 5.14. The molecule has 5 heteroatoms. The zero-order valence-corrected chi connectivity index (χ0v) is 10.3. The second-order valence-electron chi connectivity index (χ2n) is 5.27. The normalized spacial score (nSPS) is 30.9. The highest BCUT2D eigenvalue weighted by atomic mass is 19.4. The third-order valence-electron chi connectivity index (χ3n) is 3.90. The molecule has 0 aromatic rings. The quantitative estimate of drug-likeness (QED) is 0.825. The van der Waals surface area contributed by atoms with Crippen LogP contribution in [0.2, 0.25) is 0 Å². The molecule has 0 aliphatic heterocycles. The van der Waals surface area contributed by atoms with E-state index in [0.717, 1.165) is 38.5 Å². The molecule has 2 fully saturated rings. The molecule has 0 aromatic carbocycles. The zero-order chi connectivity index (χ0) is 12.5. The van der Waals surface area contributed by atoms with Gasteiger partial charge in [0.15, 0.2) is 0 Å². The summed E-state index contributed by atoms with van der Waals surface area (Å²) in [6.07, 6.45) is 1.89. The van der Waals surface area contributed by atoms with E-state index >= 15 is 0 Å². The number of halogens is 3. The molecule has 2 saturated carbocycles. The van der Waals surface area contributed by atoms with E-state index in [1.54, 1.807) is 4.90 Å². The highest BCUT2D eigenvalue weighted by Gasteiger charge is 2.43. The fourth-order valence-electron chi connectivity index (χ4n) is 2.98. The van der Waals surface area contributed by atoms with E-state index in [1.807, 2.05) is 7.05 Å². The lowest BCUT2D eigenvalue weighted by Crippen LogP contribution is -2.54. The lowest BCUT2D eigenvalue weighted by Gasteiger charge is -2.40. The SMILES string of the molecule is CNC1CCCCC1N(CC(F)(F)F)C1CC1. The summed E-state index contributed by atoms with van der Waals surface area (Å²) in [5.74, 6) is 0. The van der Waals surface area contributed by atoms with Crippen LogP contribution in [-0.2, 0) is 0 Å². The average Bonchev–Trinajstić information content (AvgIpc) is 3.08. The number of rotatable bonds is 4. The maximum atomic E-state index is 12.6. The van der Waals surface area contributed by atoms with Gasteiger partial charge < -0.3 is 5.32 Å². The Labute approximate surface area is 101 Å². The van der Waals surface area contributed by atoms with Gasteiger partial charge in [-0.15, -0.1) is 0 Å². The van der Waals surface area contributed by atoms with Crippen LogP contribution in [-0.4, -0.2) is 42.8 Å². The molecule has 2 aliphatic carbocycles. The van der Waals surface area contributed by atoms with Gasteiger partial charge in [0.1, 0.15) is 0 Å². The van der Waals surface area contributed by atoms with Crippen molar-refractivity contribution in [2.45, 2.75) is 62.8 Å². The van der Waals surface area contributed by atoms with Gasteiger partial charge in [-0.25, -0.2) is 0 Å². The minimum absolute atomic E-state index is 0.0721. The summed E-state index contributed by atoms with van der Waals surface area (Å²) in [4.78, 5) is 1.71. The molecule has 17 heavy (non-hydrogen) atoms. The van der Waals surface area contributed by atoms with Gasteiger partial charge in [0.05, 0.1) is 6.54 Å². The molecule has 0 bridgehead atoms. The summed E-state index contributed by atoms with van der Waals surface area (Å²) >= 11 is 0. The topological polar surface area (TPSA) is 15.3 Å². The Kier molecular flexibility index (Phi) is 3.98. The van der Waals surface area contributed by atoms with E-state index in [4.69, 9.17) is 0 Å². The molecule has 0 aromatic heterocycles. The Balaban J connectivity index is 2.03. The maximum absolute atomic E-state index is 12.6. The van der Waals surface area contributed by atoms with E-state index in [2.05, 4.69) is 5.32 Å². The van der Waals surface area contributed by atoms with E-state index in [9.17, 15) is 13.2 Å². The molecule has 2 aliphatic rings. The van der Waals surface area contributed by atoms with Crippen molar-refractivity contribution in [2.75, 3.05) is 13.6 Å². The average molecular weight is 250 g/mol. The van der Waals surface area contributed by atoms with E-state index in [0.29, 0.717) is 0 Å². The molecule has 0 saturated heterocycles. The number of hydrogen-bond acceptors (Lipinski definition) is 2. The molecule has 2 atom stereocenters. The number of hydrogen-bond donors (Lipinski definition) is 1. The standard InChI is InChI=1S/C12H21F3N2/c1-16-10-4-2-3-5-11(10)17(9-6-7-9)8-12(13,14)15/h9-11,16H,2-8H2,1H3. The molecule has 1 N–H and O–H groups in total. The van der Waals surface area contributed by atoms with Crippen LogP contribution in [0.4, 0.5) is 13.2 Å². The number of alkyl halides is 3. The minimum atomic E-state index is -4.07. The van der Waals surface area contributed by atoms with Crippen LogP contribution < -0.4 is 5.32 Å². The summed E-state index contributed by atoms with van der Waals surface area (Å²) in [6, 6.07) is 0.477. The largest absolute Gasteiger partial charge is 0.401 e. The molecule has 100 valence electrons. The first-order valence-corrected chi connectivity index (χ1v) is 6.51. The van der Waals surface area contributed by atoms with Crippen molar-refractivity contribution in [3.63, 3.8) is 0 Å². The van der Waals surface area contributed by atoms with Gasteiger partial charge >= 0.3 is 6.18 Å². The van der Waals surface area contributed by atoms with Crippen molar-refractivity contribution in [2.24, 2.45) is 0 Å². The first kappa shape index (κ1) is 13.1. The van der Waals surface area contributed by atoms with Gasteiger partial charge in [0, 0.05) is 18.1 Å². The van der Waals surface area contributed by atoms with Crippen LogP contribution in [0.5, 0.6) is 0 Å². The Morgan fingerprint density at radius 1 is 1.12 bits per heavy atom. The zero-order valence-electron chi connectivity index (χ0n) is 10.3. The number of likely N-dealkylation sites (N-methyl/N-ethyl adjacent to an activating group) is 1. The van der Waals surface area contributed by atoms with Crippen molar-refractivity contribution in [3.05, 3.63) is 0 Å². The van der Waals surface area contributed by atoms with Crippen molar-refractivity contribution >= 4 is 0 Å². The van der Waals surface area contributed by atoms with Crippen molar-refractivity contribution in [1.29, 1.82) is 0 Å². The van der Waals surface area contributed by atoms with Crippen LogP contribution in [0.1, 0.15) is 38.5 Å². The van der Waals surface area contributed by atoms with Gasteiger partial charge in [-0.05, 0) is 32.7 Å². The van der Waals surface area contributed by atoms with Crippen LogP contribution in [0, 0.1) is 0 Å². The third-order valence-corrected chi connectivity index (χ3v) is 3.90. The first-order valence-electron chi connectivity index (χ1n) is 6.51. The fraction of sp³-hybridized carbons (Fsp3) is 1.00. The van der Waals surface area contributed by atoms with Gasteiger partial charge in [0.25, 0.3) is 0 Å². The molecule has 0 amide bonds. The van der Waals surface area contributed by atoms with E-state index in [1.165, 1.54) is 0 Å². The molecule has 0 radical (unpaired) electrons. The second-order valence-corrected chi connectivity index (χ2v) is 5.27. The lowest BCUT2D eigenvalue weighted by molar-refractivity contribution is -0.155. The molecular weight excluding hydrogens is 229 g/mol. The highest BCUT2D eigenvalue weighted by Crippen LogP contribution is 2.36. The van der Waals surface area contributed by atoms with Crippen LogP contribution >= 0.6 is 0 Å². The van der Waals surface area contributed by atoms with E-state index < -0.39 is 12.7 Å². The molecule has 2 unspecified atom stereocenters. The summed E-state index contributed by atoms with van der Waals surface area (Å²) < 4.78 is 37.9.